The molecule has 1 aliphatic heterocycles. The van der Waals surface area contributed by atoms with Gasteiger partial charge in [-0.05, 0) is 44.0 Å². The highest BCUT2D eigenvalue weighted by atomic mass is 16.6. The minimum absolute atomic E-state index is 0.0376. The molecule has 0 fully saturated rings. The average molecular weight is 389 g/mol. The number of anilines is 1. The first kappa shape index (κ1) is 21.4. The van der Waals surface area contributed by atoms with Crippen molar-refractivity contribution in [3.8, 4) is 0 Å². The van der Waals surface area contributed by atoms with Gasteiger partial charge in [-0.1, -0.05) is 6.07 Å². The molecule has 152 valence electrons. The molecule has 1 aromatic rings. The van der Waals surface area contributed by atoms with E-state index in [0.29, 0.717) is 25.2 Å². The first-order valence-electron chi connectivity index (χ1n) is 9.10. The van der Waals surface area contributed by atoms with Crippen molar-refractivity contribution in [1.82, 2.24) is 9.80 Å². The lowest BCUT2D eigenvalue weighted by Crippen LogP contribution is -2.34. The summed E-state index contributed by atoms with van der Waals surface area (Å²) in [5.41, 5.74) is 1.67. The van der Waals surface area contributed by atoms with Gasteiger partial charge in [0.2, 0.25) is 18.2 Å². The van der Waals surface area contributed by atoms with Crippen LogP contribution in [0.2, 0.25) is 0 Å². The molecule has 8 heteroatoms. The largest absolute Gasteiger partial charge is 0.444 e. The van der Waals surface area contributed by atoms with E-state index in [0.717, 1.165) is 16.0 Å². The summed E-state index contributed by atoms with van der Waals surface area (Å²) >= 11 is 0. The van der Waals surface area contributed by atoms with Crippen molar-refractivity contribution in [2.75, 3.05) is 18.5 Å². The summed E-state index contributed by atoms with van der Waals surface area (Å²) in [4.78, 5) is 51.5. The second kappa shape index (κ2) is 8.41. The number of carbonyl (C=O) groups is 4. The predicted octanol–water partition coefficient (Wildman–Crippen LogP) is 2.30. The molecule has 0 radical (unpaired) electrons. The Bertz CT molecular complexity index is 785. The highest BCUT2D eigenvalue weighted by Gasteiger charge is 2.28. The zero-order chi connectivity index (χ0) is 21.1. The normalized spacial score (nSPS) is 13.0. The van der Waals surface area contributed by atoms with Crippen LogP contribution in [0, 0.1) is 0 Å². The van der Waals surface area contributed by atoms with Crippen LogP contribution < -0.4 is 4.90 Å². The number of hydrogen-bond donors (Lipinski definition) is 0. The summed E-state index contributed by atoms with van der Waals surface area (Å²) in [5, 5.41) is 0. The van der Waals surface area contributed by atoms with E-state index in [2.05, 4.69) is 0 Å². The number of hydrogen-bond acceptors (Lipinski definition) is 5. The van der Waals surface area contributed by atoms with Crippen LogP contribution in [0.3, 0.4) is 0 Å². The van der Waals surface area contributed by atoms with Crippen LogP contribution in [-0.2, 0) is 32.2 Å². The lowest BCUT2D eigenvalue weighted by atomic mass is 10.1. The minimum Gasteiger partial charge on any atom is -0.444 e. The molecular weight excluding hydrogens is 362 g/mol. The van der Waals surface area contributed by atoms with E-state index < -0.39 is 17.6 Å². The Morgan fingerprint density at radius 1 is 1.18 bits per heavy atom. The molecule has 0 spiro atoms. The summed E-state index contributed by atoms with van der Waals surface area (Å²) in [6.45, 7) is 7.85. The lowest BCUT2D eigenvalue weighted by molar-refractivity contribution is -0.128. The molecule has 0 aromatic heterocycles. The van der Waals surface area contributed by atoms with Crippen molar-refractivity contribution in [1.29, 1.82) is 0 Å². The SMILES string of the molecule is CC(=O)N(C)CCC(=O)N(C=O)c1ccc2c(c1)CN(C(=O)OC(C)(C)C)C2. The van der Waals surface area contributed by atoms with Gasteiger partial charge in [-0.3, -0.25) is 24.2 Å². The molecule has 28 heavy (non-hydrogen) atoms. The standard InChI is InChI=1S/C20H27N3O5/c1-14(25)21(5)9-8-18(26)23(13-24)17-7-6-15-11-22(12-16(15)10-17)19(27)28-20(2,3)4/h6-7,10,13H,8-9,11-12H2,1-5H3. The number of nitrogens with zero attached hydrogens (tertiary/aromatic N) is 3. The molecule has 0 unspecified atom stereocenters. The van der Waals surface area contributed by atoms with Gasteiger partial charge in [-0.25, -0.2) is 4.79 Å². The van der Waals surface area contributed by atoms with E-state index in [1.54, 1.807) is 30.1 Å². The van der Waals surface area contributed by atoms with E-state index in [1.165, 1.54) is 11.8 Å². The Morgan fingerprint density at radius 3 is 2.39 bits per heavy atom. The summed E-state index contributed by atoms with van der Waals surface area (Å²) < 4.78 is 5.40. The van der Waals surface area contributed by atoms with Gasteiger partial charge in [0.25, 0.3) is 0 Å². The van der Waals surface area contributed by atoms with E-state index in [1.807, 2.05) is 20.8 Å². The molecule has 1 heterocycles. The molecule has 2 rings (SSSR count). The van der Waals surface area contributed by atoms with E-state index in [4.69, 9.17) is 4.74 Å². The second-order valence-corrected chi connectivity index (χ2v) is 7.85. The molecule has 4 amide bonds. The fourth-order valence-corrected chi connectivity index (χ4v) is 2.79. The fraction of sp³-hybridized carbons (Fsp3) is 0.500. The summed E-state index contributed by atoms with van der Waals surface area (Å²) in [6, 6.07) is 5.22. The molecule has 1 aromatic carbocycles. The number of rotatable bonds is 5. The molecule has 8 nitrogen and oxygen atoms in total. The Morgan fingerprint density at radius 2 is 1.82 bits per heavy atom. The maximum absolute atomic E-state index is 12.4. The van der Waals surface area contributed by atoms with Crippen LogP contribution in [0.5, 0.6) is 0 Å². The number of fused-ring (bicyclic) bond motifs is 1. The lowest BCUT2D eigenvalue weighted by Gasteiger charge is -2.24. The zero-order valence-corrected chi connectivity index (χ0v) is 17.0. The van der Waals surface area contributed by atoms with Gasteiger partial charge in [-0.2, -0.15) is 0 Å². The van der Waals surface area contributed by atoms with Crippen molar-refractivity contribution >= 4 is 30.0 Å². The zero-order valence-electron chi connectivity index (χ0n) is 17.0. The first-order chi connectivity index (χ1) is 13.0. The fourth-order valence-electron chi connectivity index (χ4n) is 2.79. The third-order valence-corrected chi connectivity index (χ3v) is 4.41. The Balaban J connectivity index is 2.08. The molecule has 0 N–H and O–H groups in total. The van der Waals surface area contributed by atoms with Gasteiger partial charge < -0.3 is 9.64 Å². The van der Waals surface area contributed by atoms with Crippen molar-refractivity contribution in [3.63, 3.8) is 0 Å². The highest BCUT2D eigenvalue weighted by molar-refractivity contribution is 6.07. The van der Waals surface area contributed by atoms with Gasteiger partial charge in [0.05, 0.1) is 5.69 Å². The van der Waals surface area contributed by atoms with Crippen molar-refractivity contribution in [2.24, 2.45) is 0 Å². The van der Waals surface area contributed by atoms with Crippen molar-refractivity contribution < 1.29 is 23.9 Å². The maximum Gasteiger partial charge on any atom is 0.410 e. The van der Waals surface area contributed by atoms with Crippen LogP contribution in [0.4, 0.5) is 10.5 Å². The van der Waals surface area contributed by atoms with Crippen LogP contribution in [-0.4, -0.2) is 53.3 Å². The summed E-state index contributed by atoms with van der Waals surface area (Å²) in [5.74, 6) is -0.546. The monoisotopic (exact) mass is 389 g/mol. The molecular formula is C20H27N3O5. The topological polar surface area (TPSA) is 87.2 Å². The van der Waals surface area contributed by atoms with Crippen molar-refractivity contribution in [3.05, 3.63) is 29.3 Å². The third-order valence-electron chi connectivity index (χ3n) is 4.41. The molecule has 0 saturated heterocycles. The maximum atomic E-state index is 12.4. The van der Waals surface area contributed by atoms with Gasteiger partial charge in [0, 0.05) is 40.0 Å². The van der Waals surface area contributed by atoms with Gasteiger partial charge in [-0.15, -0.1) is 0 Å². The van der Waals surface area contributed by atoms with E-state index >= 15 is 0 Å². The van der Waals surface area contributed by atoms with Gasteiger partial charge >= 0.3 is 6.09 Å². The van der Waals surface area contributed by atoms with Crippen LogP contribution in [0.1, 0.15) is 45.2 Å². The Hall–Kier alpha value is -2.90. The van der Waals surface area contributed by atoms with Crippen molar-refractivity contribution in [2.45, 2.75) is 52.8 Å². The minimum atomic E-state index is -0.579. The summed E-state index contributed by atoms with van der Waals surface area (Å²) in [6.07, 6.45) is 0.106. The number of carbonyl (C=O) groups excluding carboxylic acids is 4. The average Bonchev–Trinajstić information content (AvgIpc) is 3.02. The molecule has 0 saturated carbocycles. The molecule has 1 aliphatic rings. The van der Waals surface area contributed by atoms with Gasteiger partial charge in [0.1, 0.15) is 5.60 Å². The predicted molar refractivity (Wildman–Crippen MR) is 103 cm³/mol. The van der Waals surface area contributed by atoms with Crippen LogP contribution in [0.15, 0.2) is 18.2 Å². The second-order valence-electron chi connectivity index (χ2n) is 7.85. The van der Waals surface area contributed by atoms with E-state index in [9.17, 15) is 19.2 Å². The van der Waals surface area contributed by atoms with E-state index in [-0.39, 0.29) is 18.9 Å². The van der Waals surface area contributed by atoms with Gasteiger partial charge in [0.15, 0.2) is 0 Å². The number of ether oxygens (including phenoxy) is 1. The van der Waals surface area contributed by atoms with Crippen LogP contribution in [0.25, 0.3) is 0 Å². The molecule has 0 bridgehead atoms. The highest BCUT2D eigenvalue weighted by Crippen LogP contribution is 2.28. The Labute approximate surface area is 165 Å². The Kier molecular flexibility index (Phi) is 6.43. The summed E-state index contributed by atoms with van der Waals surface area (Å²) in [7, 11) is 1.60. The smallest absolute Gasteiger partial charge is 0.410 e. The third kappa shape index (κ3) is 5.31. The molecule has 0 aliphatic carbocycles. The number of imide groups is 1. The first-order valence-corrected chi connectivity index (χ1v) is 9.10. The molecule has 0 atom stereocenters. The number of benzene rings is 1. The number of amides is 4. The quantitative estimate of drug-likeness (QED) is 0.721. The van der Waals surface area contributed by atoms with Crippen LogP contribution >= 0.6 is 0 Å².